The summed E-state index contributed by atoms with van der Waals surface area (Å²) in [4.78, 5) is 0. The van der Waals surface area contributed by atoms with E-state index in [1.54, 1.807) is 0 Å². The Bertz CT molecular complexity index is 317. The van der Waals surface area contributed by atoms with E-state index in [9.17, 15) is 0 Å². The van der Waals surface area contributed by atoms with Crippen LogP contribution in [0.1, 0.15) is 0 Å². The highest BCUT2D eigenvalue weighted by Gasteiger charge is 2.18. The predicted octanol–water partition coefficient (Wildman–Crippen LogP) is 0.682. The molecule has 70 valence electrons. The number of benzene rings is 1. The second-order valence-corrected chi connectivity index (χ2v) is 3.20. The molecule has 0 aliphatic carbocycles. The zero-order chi connectivity index (χ0) is 10.0. The molecule has 0 heterocycles. The highest BCUT2D eigenvalue weighted by Crippen LogP contribution is 2.24. The van der Waals surface area contributed by atoms with Gasteiger partial charge in [-0.25, -0.2) is 0 Å². The number of rotatable bonds is 2. The van der Waals surface area contributed by atoms with E-state index in [1.807, 2.05) is 0 Å². The summed E-state index contributed by atoms with van der Waals surface area (Å²) in [6.45, 7) is 0. The lowest BCUT2D eigenvalue weighted by atomic mass is 9.79. The summed E-state index contributed by atoms with van der Waals surface area (Å²) in [5.41, 5.74) is 0.192. The Balaban J connectivity index is 3.25. The molecule has 0 aromatic heterocycles. The van der Waals surface area contributed by atoms with Gasteiger partial charge in [-0.05, 0) is 12.1 Å². The van der Waals surface area contributed by atoms with Gasteiger partial charge in [0.25, 0.3) is 0 Å². The lowest BCUT2D eigenvalue weighted by molar-refractivity contribution is 0.403. The SMILES string of the molecule is COc1cc(Cl)c(Cl)cc1B(O)O. The summed E-state index contributed by atoms with van der Waals surface area (Å²) >= 11 is 11.4. The van der Waals surface area contributed by atoms with Crippen molar-refractivity contribution in [1.82, 2.24) is 0 Å². The molecule has 0 aliphatic heterocycles. The Morgan fingerprint density at radius 1 is 1.23 bits per heavy atom. The second-order valence-electron chi connectivity index (χ2n) is 2.38. The van der Waals surface area contributed by atoms with Gasteiger partial charge in [0.2, 0.25) is 0 Å². The van der Waals surface area contributed by atoms with Crippen LogP contribution in [0, 0.1) is 0 Å². The van der Waals surface area contributed by atoms with E-state index in [4.69, 9.17) is 38.0 Å². The van der Waals surface area contributed by atoms with Crippen molar-refractivity contribution < 1.29 is 14.8 Å². The fraction of sp³-hybridized carbons (Fsp3) is 0.143. The predicted molar refractivity (Wildman–Crippen MR) is 52.8 cm³/mol. The molecule has 1 rings (SSSR count). The molecule has 1 aromatic rings. The molecule has 0 saturated heterocycles. The van der Waals surface area contributed by atoms with Gasteiger partial charge in [0.1, 0.15) is 5.75 Å². The van der Waals surface area contributed by atoms with Crippen LogP contribution in [-0.2, 0) is 0 Å². The van der Waals surface area contributed by atoms with Crippen LogP contribution in [0.2, 0.25) is 10.0 Å². The van der Waals surface area contributed by atoms with Crippen molar-refractivity contribution in [2.45, 2.75) is 0 Å². The number of hydrogen-bond acceptors (Lipinski definition) is 3. The Morgan fingerprint density at radius 3 is 2.23 bits per heavy atom. The fourth-order valence-corrected chi connectivity index (χ4v) is 1.25. The van der Waals surface area contributed by atoms with E-state index in [0.29, 0.717) is 10.8 Å². The molecule has 0 unspecified atom stereocenters. The van der Waals surface area contributed by atoms with Gasteiger partial charge in [0.15, 0.2) is 0 Å². The van der Waals surface area contributed by atoms with Crippen LogP contribution in [0.4, 0.5) is 0 Å². The maximum Gasteiger partial charge on any atom is 0.492 e. The van der Waals surface area contributed by atoms with Gasteiger partial charge in [0.05, 0.1) is 17.2 Å². The zero-order valence-electron chi connectivity index (χ0n) is 6.79. The second kappa shape index (κ2) is 4.20. The van der Waals surface area contributed by atoms with E-state index in [2.05, 4.69) is 0 Å². The van der Waals surface area contributed by atoms with Crippen molar-refractivity contribution in [3.05, 3.63) is 22.2 Å². The fourth-order valence-electron chi connectivity index (χ4n) is 0.923. The largest absolute Gasteiger partial charge is 0.497 e. The van der Waals surface area contributed by atoms with Crippen LogP contribution in [0.15, 0.2) is 12.1 Å². The summed E-state index contributed by atoms with van der Waals surface area (Å²) in [5.74, 6) is 0.296. The molecule has 0 saturated carbocycles. The van der Waals surface area contributed by atoms with Gasteiger partial charge in [-0.3, -0.25) is 0 Å². The molecule has 0 radical (unpaired) electrons. The third kappa shape index (κ3) is 2.28. The van der Waals surface area contributed by atoms with Crippen LogP contribution >= 0.6 is 23.2 Å². The minimum absolute atomic E-state index is 0.192. The molecule has 13 heavy (non-hydrogen) atoms. The maximum atomic E-state index is 8.92. The summed E-state index contributed by atoms with van der Waals surface area (Å²) in [6, 6.07) is 2.78. The van der Waals surface area contributed by atoms with E-state index in [1.165, 1.54) is 19.2 Å². The number of hydrogen-bond donors (Lipinski definition) is 2. The van der Waals surface area contributed by atoms with Crippen LogP contribution in [0.5, 0.6) is 5.75 Å². The van der Waals surface area contributed by atoms with Gasteiger partial charge in [-0.2, -0.15) is 0 Å². The minimum atomic E-state index is -1.62. The number of methoxy groups -OCH3 is 1. The molecule has 0 fully saturated rings. The molecular weight excluding hydrogens is 214 g/mol. The van der Waals surface area contributed by atoms with Gasteiger partial charge >= 0.3 is 7.12 Å². The molecular formula is C7H7BCl2O3. The summed E-state index contributed by atoms with van der Waals surface area (Å²) in [6.07, 6.45) is 0. The third-order valence-corrected chi connectivity index (χ3v) is 2.27. The van der Waals surface area contributed by atoms with Crippen molar-refractivity contribution >= 4 is 35.8 Å². The number of halogens is 2. The average Bonchev–Trinajstić information content (AvgIpc) is 2.08. The molecule has 3 nitrogen and oxygen atoms in total. The van der Waals surface area contributed by atoms with Crippen LogP contribution in [0.25, 0.3) is 0 Å². The Morgan fingerprint density at radius 2 is 1.77 bits per heavy atom. The maximum absolute atomic E-state index is 8.92. The summed E-state index contributed by atoms with van der Waals surface area (Å²) in [7, 11) is -0.212. The van der Waals surface area contributed by atoms with Crippen molar-refractivity contribution in [3.63, 3.8) is 0 Å². The standard InChI is InChI=1S/C7H7BCl2O3/c1-13-7-3-6(10)5(9)2-4(7)8(11)12/h2-3,11-12H,1H3. The van der Waals surface area contributed by atoms with E-state index >= 15 is 0 Å². The Kier molecular flexibility index (Phi) is 3.44. The van der Waals surface area contributed by atoms with Crippen LogP contribution < -0.4 is 10.2 Å². The lowest BCUT2D eigenvalue weighted by Crippen LogP contribution is -2.31. The Labute approximate surface area is 86.0 Å². The first-order valence-electron chi connectivity index (χ1n) is 3.45. The molecule has 2 N–H and O–H groups in total. The van der Waals surface area contributed by atoms with E-state index < -0.39 is 7.12 Å². The van der Waals surface area contributed by atoms with Crippen LogP contribution in [0.3, 0.4) is 0 Å². The lowest BCUT2D eigenvalue weighted by Gasteiger charge is -2.08. The van der Waals surface area contributed by atoms with E-state index in [-0.39, 0.29) is 10.5 Å². The van der Waals surface area contributed by atoms with Gasteiger partial charge in [-0.1, -0.05) is 23.2 Å². The molecule has 0 atom stereocenters. The first kappa shape index (κ1) is 10.7. The summed E-state index contributed by atoms with van der Waals surface area (Å²) < 4.78 is 4.88. The normalized spacial score (nSPS) is 9.92. The first-order chi connectivity index (χ1) is 6.06. The quantitative estimate of drug-likeness (QED) is 0.721. The van der Waals surface area contributed by atoms with Gasteiger partial charge in [0, 0.05) is 5.46 Å². The topological polar surface area (TPSA) is 49.7 Å². The molecule has 6 heteroatoms. The molecule has 0 amide bonds. The first-order valence-corrected chi connectivity index (χ1v) is 4.21. The number of ether oxygens (including phenoxy) is 1. The smallest absolute Gasteiger partial charge is 0.492 e. The Hall–Kier alpha value is -0.415. The molecule has 0 aliphatic rings. The minimum Gasteiger partial charge on any atom is -0.497 e. The monoisotopic (exact) mass is 220 g/mol. The van der Waals surface area contributed by atoms with Crippen molar-refractivity contribution in [2.24, 2.45) is 0 Å². The van der Waals surface area contributed by atoms with E-state index in [0.717, 1.165) is 0 Å². The molecule has 0 spiro atoms. The molecule has 0 bridgehead atoms. The highest BCUT2D eigenvalue weighted by atomic mass is 35.5. The zero-order valence-corrected chi connectivity index (χ0v) is 8.30. The van der Waals surface area contributed by atoms with Crippen LogP contribution in [-0.4, -0.2) is 24.3 Å². The highest BCUT2D eigenvalue weighted by molar-refractivity contribution is 6.60. The average molecular weight is 221 g/mol. The summed E-state index contributed by atoms with van der Waals surface area (Å²) in [5, 5.41) is 18.4. The third-order valence-electron chi connectivity index (χ3n) is 1.55. The van der Waals surface area contributed by atoms with Crippen molar-refractivity contribution in [3.8, 4) is 5.75 Å². The van der Waals surface area contributed by atoms with Gasteiger partial charge in [-0.15, -0.1) is 0 Å². The molecule has 1 aromatic carbocycles. The van der Waals surface area contributed by atoms with Crippen molar-refractivity contribution in [1.29, 1.82) is 0 Å². The van der Waals surface area contributed by atoms with Crippen molar-refractivity contribution in [2.75, 3.05) is 7.11 Å². The van der Waals surface area contributed by atoms with Gasteiger partial charge < -0.3 is 14.8 Å².